The van der Waals surface area contributed by atoms with E-state index in [1.807, 2.05) is 24.3 Å². The largest absolute Gasteiger partial charge is 0.478 e. The van der Waals surface area contributed by atoms with Crippen LogP contribution in [0.2, 0.25) is 0 Å². The molecule has 0 unspecified atom stereocenters. The molecule has 2 N–H and O–H groups in total. The summed E-state index contributed by atoms with van der Waals surface area (Å²) in [5, 5.41) is 11.8. The summed E-state index contributed by atoms with van der Waals surface area (Å²) in [4.78, 5) is 25.6. The Balaban J connectivity index is 1.61. The molecule has 1 aliphatic heterocycles. The first-order chi connectivity index (χ1) is 12.1. The van der Waals surface area contributed by atoms with Gasteiger partial charge in [-0.15, -0.1) is 0 Å². The van der Waals surface area contributed by atoms with Crippen molar-refractivity contribution in [2.24, 2.45) is 0 Å². The zero-order valence-corrected chi connectivity index (χ0v) is 13.8. The third kappa shape index (κ3) is 4.65. The topological polar surface area (TPSA) is 78.9 Å². The van der Waals surface area contributed by atoms with Crippen molar-refractivity contribution >= 4 is 17.6 Å². The van der Waals surface area contributed by atoms with Gasteiger partial charge in [-0.3, -0.25) is 9.69 Å². The molecule has 0 aliphatic carbocycles. The molecule has 25 heavy (non-hydrogen) atoms. The number of hydrogen-bond acceptors (Lipinski definition) is 4. The number of hydrogen-bond donors (Lipinski definition) is 2. The van der Waals surface area contributed by atoms with Crippen molar-refractivity contribution in [1.29, 1.82) is 0 Å². The van der Waals surface area contributed by atoms with Crippen LogP contribution in [0.15, 0.2) is 48.5 Å². The van der Waals surface area contributed by atoms with E-state index in [0.717, 1.165) is 32.8 Å². The van der Waals surface area contributed by atoms with Crippen LogP contribution in [0.3, 0.4) is 0 Å². The number of nitrogens with zero attached hydrogens (tertiary/aromatic N) is 1. The molecule has 1 heterocycles. The predicted octanol–water partition coefficient (Wildman–Crippen LogP) is 2.47. The fourth-order valence-electron chi connectivity index (χ4n) is 2.71. The number of carboxylic acid groups (broad SMARTS) is 1. The smallest absolute Gasteiger partial charge is 0.335 e. The first kappa shape index (κ1) is 17.1. The lowest BCUT2D eigenvalue weighted by Gasteiger charge is -2.26. The molecule has 0 aromatic heterocycles. The highest BCUT2D eigenvalue weighted by atomic mass is 16.5. The molecule has 6 nitrogen and oxygen atoms in total. The molecule has 0 saturated carbocycles. The van der Waals surface area contributed by atoms with Gasteiger partial charge in [0.05, 0.1) is 18.8 Å². The third-order valence-electron chi connectivity index (χ3n) is 4.09. The van der Waals surface area contributed by atoms with E-state index in [1.165, 1.54) is 17.7 Å². The number of rotatable bonds is 5. The van der Waals surface area contributed by atoms with Gasteiger partial charge >= 0.3 is 5.97 Å². The summed E-state index contributed by atoms with van der Waals surface area (Å²) in [5.74, 6) is -1.38. The number of carboxylic acids is 1. The molecule has 1 aliphatic rings. The van der Waals surface area contributed by atoms with Crippen molar-refractivity contribution in [3.8, 4) is 0 Å². The van der Waals surface area contributed by atoms with Crippen LogP contribution in [0.1, 0.15) is 26.3 Å². The number of benzene rings is 2. The summed E-state index contributed by atoms with van der Waals surface area (Å²) >= 11 is 0. The van der Waals surface area contributed by atoms with Crippen molar-refractivity contribution in [3.63, 3.8) is 0 Å². The number of carbonyl (C=O) groups excluding carboxylic acids is 1. The van der Waals surface area contributed by atoms with E-state index < -0.39 is 5.97 Å². The van der Waals surface area contributed by atoms with Gasteiger partial charge in [0, 0.05) is 30.9 Å². The van der Waals surface area contributed by atoms with Crippen LogP contribution in [0, 0.1) is 0 Å². The van der Waals surface area contributed by atoms with E-state index in [0.29, 0.717) is 11.3 Å². The molecule has 2 aromatic carbocycles. The Hall–Kier alpha value is -2.70. The van der Waals surface area contributed by atoms with E-state index in [4.69, 9.17) is 9.84 Å². The molecule has 0 radical (unpaired) electrons. The molecular weight excluding hydrogens is 320 g/mol. The molecule has 1 fully saturated rings. The Morgan fingerprint density at radius 3 is 2.40 bits per heavy atom. The summed E-state index contributed by atoms with van der Waals surface area (Å²) in [6.07, 6.45) is 0. The maximum atomic E-state index is 12.3. The highest BCUT2D eigenvalue weighted by Crippen LogP contribution is 2.14. The Kier molecular flexibility index (Phi) is 5.42. The number of carbonyl (C=O) groups is 2. The van der Waals surface area contributed by atoms with Gasteiger partial charge in [-0.05, 0) is 35.9 Å². The maximum absolute atomic E-state index is 12.3. The predicted molar refractivity (Wildman–Crippen MR) is 93.9 cm³/mol. The normalized spacial score (nSPS) is 14.9. The molecule has 1 saturated heterocycles. The van der Waals surface area contributed by atoms with Gasteiger partial charge in [-0.2, -0.15) is 0 Å². The Bertz CT molecular complexity index is 752. The monoisotopic (exact) mass is 340 g/mol. The molecule has 130 valence electrons. The van der Waals surface area contributed by atoms with Gasteiger partial charge in [-0.25, -0.2) is 4.79 Å². The maximum Gasteiger partial charge on any atom is 0.335 e. The van der Waals surface area contributed by atoms with Crippen LogP contribution in [0.25, 0.3) is 0 Å². The van der Waals surface area contributed by atoms with E-state index in [2.05, 4.69) is 10.2 Å². The van der Waals surface area contributed by atoms with Gasteiger partial charge in [0.1, 0.15) is 0 Å². The Morgan fingerprint density at radius 1 is 1.04 bits per heavy atom. The summed E-state index contributed by atoms with van der Waals surface area (Å²) in [6, 6.07) is 13.7. The minimum atomic E-state index is -1.05. The van der Waals surface area contributed by atoms with Crippen LogP contribution in [0.4, 0.5) is 5.69 Å². The number of anilines is 1. The molecular formula is C19H20N2O4. The quantitative estimate of drug-likeness (QED) is 0.874. The van der Waals surface area contributed by atoms with Crippen molar-refractivity contribution < 1.29 is 19.4 Å². The summed E-state index contributed by atoms with van der Waals surface area (Å²) in [7, 11) is 0. The molecule has 1 amide bonds. The lowest BCUT2D eigenvalue weighted by Crippen LogP contribution is -2.35. The number of morpholine rings is 1. The summed E-state index contributed by atoms with van der Waals surface area (Å²) in [5.41, 5.74) is 2.26. The Labute approximate surface area is 146 Å². The Morgan fingerprint density at radius 2 is 1.72 bits per heavy atom. The summed E-state index contributed by atoms with van der Waals surface area (Å²) in [6.45, 7) is 4.25. The molecule has 0 atom stereocenters. The zero-order valence-electron chi connectivity index (χ0n) is 13.8. The molecule has 3 rings (SSSR count). The summed E-state index contributed by atoms with van der Waals surface area (Å²) < 4.78 is 5.34. The van der Waals surface area contributed by atoms with Gasteiger partial charge in [0.25, 0.3) is 5.91 Å². The fourth-order valence-corrected chi connectivity index (χ4v) is 2.71. The second kappa shape index (κ2) is 7.92. The van der Waals surface area contributed by atoms with Crippen molar-refractivity contribution in [1.82, 2.24) is 4.90 Å². The van der Waals surface area contributed by atoms with Crippen molar-refractivity contribution in [2.45, 2.75) is 6.54 Å². The minimum absolute atomic E-state index is 0.0912. The van der Waals surface area contributed by atoms with Gasteiger partial charge < -0.3 is 15.2 Å². The van der Waals surface area contributed by atoms with Gasteiger partial charge in [0.15, 0.2) is 0 Å². The van der Waals surface area contributed by atoms with E-state index in [-0.39, 0.29) is 11.5 Å². The minimum Gasteiger partial charge on any atom is -0.478 e. The number of nitrogens with one attached hydrogen (secondary N) is 1. The van der Waals surface area contributed by atoms with Crippen LogP contribution in [0.5, 0.6) is 0 Å². The van der Waals surface area contributed by atoms with Gasteiger partial charge in [-0.1, -0.05) is 18.2 Å². The average molecular weight is 340 g/mol. The highest BCUT2D eigenvalue weighted by Gasteiger charge is 2.12. The van der Waals surface area contributed by atoms with Crippen molar-refractivity contribution in [2.75, 3.05) is 31.6 Å². The second-order valence-corrected chi connectivity index (χ2v) is 5.93. The number of amides is 1. The van der Waals surface area contributed by atoms with E-state index in [9.17, 15) is 9.59 Å². The third-order valence-corrected chi connectivity index (χ3v) is 4.09. The van der Waals surface area contributed by atoms with Crippen molar-refractivity contribution in [3.05, 3.63) is 65.2 Å². The number of ether oxygens (including phenoxy) is 1. The average Bonchev–Trinajstić information content (AvgIpc) is 2.64. The fraction of sp³-hybridized carbons (Fsp3) is 0.263. The lowest BCUT2D eigenvalue weighted by molar-refractivity contribution is 0.0342. The number of aromatic carboxylic acids is 1. The molecule has 0 spiro atoms. The van der Waals surface area contributed by atoms with Crippen LogP contribution in [-0.2, 0) is 11.3 Å². The standard InChI is InChI=1S/C19H20N2O4/c22-18(15-2-1-3-16(12-15)19(23)24)20-17-6-4-14(5-7-17)13-21-8-10-25-11-9-21/h1-7,12H,8-11,13H2,(H,20,22)(H,23,24). The first-order valence-corrected chi connectivity index (χ1v) is 8.15. The van der Waals surface area contributed by atoms with E-state index in [1.54, 1.807) is 12.1 Å². The van der Waals surface area contributed by atoms with Gasteiger partial charge in [0.2, 0.25) is 0 Å². The van der Waals surface area contributed by atoms with Crippen LogP contribution < -0.4 is 5.32 Å². The SMILES string of the molecule is O=C(O)c1cccc(C(=O)Nc2ccc(CN3CCOCC3)cc2)c1. The molecule has 0 bridgehead atoms. The van der Waals surface area contributed by atoms with Crippen LogP contribution >= 0.6 is 0 Å². The highest BCUT2D eigenvalue weighted by molar-refractivity contribution is 6.05. The molecule has 6 heteroatoms. The van der Waals surface area contributed by atoms with Crippen LogP contribution in [-0.4, -0.2) is 48.2 Å². The van der Waals surface area contributed by atoms with E-state index >= 15 is 0 Å². The zero-order chi connectivity index (χ0) is 17.6. The second-order valence-electron chi connectivity index (χ2n) is 5.93. The lowest BCUT2D eigenvalue weighted by atomic mass is 10.1. The first-order valence-electron chi connectivity index (χ1n) is 8.15. The molecule has 2 aromatic rings.